The standard InChI is InChI=1S/C10H21ClO5/c1-12-2-3-13-4-5-14-6-7-15-8-9-16-10-11/h2-10H2,1H3. The molecule has 0 aromatic rings. The zero-order valence-corrected chi connectivity index (χ0v) is 10.5. The summed E-state index contributed by atoms with van der Waals surface area (Å²) in [6.07, 6.45) is 0. The van der Waals surface area contributed by atoms with E-state index in [1.54, 1.807) is 7.11 Å². The van der Waals surface area contributed by atoms with Crippen LogP contribution in [0.3, 0.4) is 0 Å². The van der Waals surface area contributed by atoms with Crippen LogP contribution in [0.1, 0.15) is 0 Å². The molecular formula is C10H21ClO5. The van der Waals surface area contributed by atoms with Gasteiger partial charge in [-0.3, -0.25) is 0 Å². The van der Waals surface area contributed by atoms with Crippen LogP contribution in [0.15, 0.2) is 0 Å². The van der Waals surface area contributed by atoms with E-state index in [4.69, 9.17) is 35.3 Å². The summed E-state index contributed by atoms with van der Waals surface area (Å²) in [5.74, 6) is 0. The molecule has 0 amide bonds. The molecule has 0 N–H and O–H groups in total. The third kappa shape index (κ3) is 14.1. The van der Waals surface area contributed by atoms with E-state index in [1.165, 1.54) is 0 Å². The second-order valence-corrected chi connectivity index (χ2v) is 3.07. The first kappa shape index (κ1) is 16.1. The van der Waals surface area contributed by atoms with Gasteiger partial charge in [0.25, 0.3) is 0 Å². The molecule has 0 heterocycles. The average molecular weight is 257 g/mol. The Kier molecular flexibility index (Phi) is 15.2. The molecule has 0 aliphatic heterocycles. The second-order valence-electron chi connectivity index (χ2n) is 2.85. The number of rotatable bonds is 13. The lowest BCUT2D eigenvalue weighted by molar-refractivity contribution is -0.00480. The van der Waals surface area contributed by atoms with Crippen molar-refractivity contribution in [1.29, 1.82) is 0 Å². The molecule has 0 bridgehead atoms. The van der Waals surface area contributed by atoms with Crippen LogP contribution in [0.4, 0.5) is 0 Å². The zero-order valence-electron chi connectivity index (χ0n) is 9.78. The summed E-state index contributed by atoms with van der Waals surface area (Å²) in [5, 5.41) is 0. The van der Waals surface area contributed by atoms with Crippen molar-refractivity contribution in [1.82, 2.24) is 0 Å². The molecule has 0 aromatic heterocycles. The largest absolute Gasteiger partial charge is 0.382 e. The molecule has 0 aliphatic carbocycles. The minimum absolute atomic E-state index is 0.207. The molecule has 0 spiro atoms. The van der Waals surface area contributed by atoms with Gasteiger partial charge in [0.1, 0.15) is 6.07 Å². The lowest BCUT2D eigenvalue weighted by Gasteiger charge is -2.06. The first-order valence-electron chi connectivity index (χ1n) is 5.27. The highest BCUT2D eigenvalue weighted by molar-refractivity contribution is 6.17. The van der Waals surface area contributed by atoms with Gasteiger partial charge in [-0.15, -0.1) is 0 Å². The lowest BCUT2D eigenvalue weighted by atomic mass is 10.7. The molecule has 0 unspecified atom stereocenters. The summed E-state index contributed by atoms with van der Waals surface area (Å²) >= 11 is 5.31. The average Bonchev–Trinajstić information content (AvgIpc) is 2.31. The molecular weight excluding hydrogens is 236 g/mol. The SMILES string of the molecule is COCCOCCOCCOCCOCCl. The Bertz CT molecular complexity index is 112. The molecule has 6 heteroatoms. The van der Waals surface area contributed by atoms with E-state index in [0.717, 1.165) is 0 Å². The smallest absolute Gasteiger partial charge is 0.120 e. The fourth-order valence-electron chi connectivity index (χ4n) is 0.857. The summed E-state index contributed by atoms with van der Waals surface area (Å²) in [6.45, 7) is 4.56. The molecule has 0 atom stereocenters. The van der Waals surface area contributed by atoms with Gasteiger partial charge in [-0.25, -0.2) is 0 Å². The van der Waals surface area contributed by atoms with E-state index in [9.17, 15) is 0 Å². The molecule has 0 aliphatic rings. The predicted octanol–water partition coefficient (Wildman–Crippen LogP) is 0.896. The van der Waals surface area contributed by atoms with Crippen molar-refractivity contribution in [2.24, 2.45) is 0 Å². The Labute approximate surface area is 102 Å². The van der Waals surface area contributed by atoms with Gasteiger partial charge in [0.2, 0.25) is 0 Å². The molecule has 0 radical (unpaired) electrons. The highest BCUT2D eigenvalue weighted by atomic mass is 35.5. The first-order chi connectivity index (χ1) is 7.91. The highest BCUT2D eigenvalue weighted by Crippen LogP contribution is 1.83. The normalized spacial score (nSPS) is 10.9. The van der Waals surface area contributed by atoms with Gasteiger partial charge >= 0.3 is 0 Å². The number of ether oxygens (including phenoxy) is 5. The van der Waals surface area contributed by atoms with Gasteiger partial charge in [0.15, 0.2) is 0 Å². The van der Waals surface area contributed by atoms with Crippen molar-refractivity contribution in [3.63, 3.8) is 0 Å². The number of halogens is 1. The lowest BCUT2D eigenvalue weighted by Crippen LogP contribution is -2.12. The molecule has 0 fully saturated rings. The van der Waals surface area contributed by atoms with E-state index in [2.05, 4.69) is 0 Å². The van der Waals surface area contributed by atoms with Crippen LogP contribution in [0.25, 0.3) is 0 Å². The Morgan fingerprint density at radius 1 is 0.625 bits per heavy atom. The first-order valence-corrected chi connectivity index (χ1v) is 5.81. The van der Waals surface area contributed by atoms with Crippen LogP contribution >= 0.6 is 11.6 Å². The third-order valence-corrected chi connectivity index (χ3v) is 1.78. The van der Waals surface area contributed by atoms with Crippen molar-refractivity contribution in [2.75, 3.05) is 66.0 Å². The summed E-state index contributed by atoms with van der Waals surface area (Å²) in [4.78, 5) is 0. The number of hydrogen-bond donors (Lipinski definition) is 0. The number of alkyl halides is 1. The summed E-state index contributed by atoms with van der Waals surface area (Å²) in [6, 6.07) is 0.207. The minimum atomic E-state index is 0.207. The van der Waals surface area contributed by atoms with Gasteiger partial charge in [-0.1, -0.05) is 11.6 Å². The molecule has 0 aromatic carbocycles. The maximum Gasteiger partial charge on any atom is 0.120 e. The second kappa shape index (κ2) is 15.1. The molecule has 98 valence electrons. The van der Waals surface area contributed by atoms with Crippen LogP contribution < -0.4 is 0 Å². The van der Waals surface area contributed by atoms with E-state index < -0.39 is 0 Å². The van der Waals surface area contributed by atoms with E-state index in [0.29, 0.717) is 52.9 Å². The monoisotopic (exact) mass is 256 g/mol. The Hall–Kier alpha value is 0.0900. The van der Waals surface area contributed by atoms with Crippen molar-refractivity contribution in [3.8, 4) is 0 Å². The molecule has 0 saturated carbocycles. The van der Waals surface area contributed by atoms with Crippen LogP contribution in [0.5, 0.6) is 0 Å². The van der Waals surface area contributed by atoms with E-state index in [-0.39, 0.29) is 6.07 Å². The van der Waals surface area contributed by atoms with Crippen LogP contribution in [0.2, 0.25) is 0 Å². The Morgan fingerprint density at radius 3 is 1.38 bits per heavy atom. The van der Waals surface area contributed by atoms with Gasteiger partial charge < -0.3 is 23.7 Å². The van der Waals surface area contributed by atoms with Crippen molar-refractivity contribution < 1.29 is 23.7 Å². The highest BCUT2D eigenvalue weighted by Gasteiger charge is 1.91. The molecule has 0 saturated heterocycles. The molecule has 0 rings (SSSR count). The van der Waals surface area contributed by atoms with Gasteiger partial charge in [-0.2, -0.15) is 0 Å². The topological polar surface area (TPSA) is 46.2 Å². The van der Waals surface area contributed by atoms with Crippen molar-refractivity contribution in [3.05, 3.63) is 0 Å². The van der Waals surface area contributed by atoms with E-state index >= 15 is 0 Å². The van der Waals surface area contributed by atoms with Gasteiger partial charge in [0.05, 0.1) is 52.9 Å². The van der Waals surface area contributed by atoms with Crippen molar-refractivity contribution >= 4 is 11.6 Å². The van der Waals surface area contributed by atoms with Crippen LogP contribution in [-0.4, -0.2) is 66.0 Å². The summed E-state index contributed by atoms with van der Waals surface area (Å²) in [7, 11) is 1.64. The van der Waals surface area contributed by atoms with Gasteiger partial charge in [0, 0.05) is 7.11 Å². The molecule has 16 heavy (non-hydrogen) atoms. The fraction of sp³-hybridized carbons (Fsp3) is 1.00. The Morgan fingerprint density at radius 2 is 1.00 bits per heavy atom. The fourth-order valence-corrected chi connectivity index (χ4v) is 0.966. The Balaban J connectivity index is 2.83. The predicted molar refractivity (Wildman–Crippen MR) is 61.0 cm³/mol. The van der Waals surface area contributed by atoms with E-state index in [1.807, 2.05) is 0 Å². The number of methoxy groups -OCH3 is 1. The maximum absolute atomic E-state index is 5.31. The minimum Gasteiger partial charge on any atom is -0.382 e. The van der Waals surface area contributed by atoms with Crippen LogP contribution in [0, 0.1) is 0 Å². The molecule has 5 nitrogen and oxygen atoms in total. The van der Waals surface area contributed by atoms with Crippen molar-refractivity contribution in [2.45, 2.75) is 0 Å². The summed E-state index contributed by atoms with van der Waals surface area (Å²) in [5.41, 5.74) is 0. The van der Waals surface area contributed by atoms with Gasteiger partial charge in [-0.05, 0) is 0 Å². The zero-order chi connectivity index (χ0) is 11.9. The quantitative estimate of drug-likeness (QED) is 0.362. The number of hydrogen-bond acceptors (Lipinski definition) is 5. The van der Waals surface area contributed by atoms with Crippen LogP contribution in [-0.2, 0) is 23.7 Å². The summed E-state index contributed by atoms with van der Waals surface area (Å²) < 4.78 is 25.4. The maximum atomic E-state index is 5.31. The third-order valence-electron chi connectivity index (χ3n) is 1.62.